The third kappa shape index (κ3) is 12.6. The van der Waals surface area contributed by atoms with Crippen molar-refractivity contribution in [1.82, 2.24) is 4.57 Å². The van der Waals surface area contributed by atoms with E-state index in [0.717, 1.165) is 12.8 Å². The number of esters is 1. The Balaban J connectivity index is 0.00000529. The molecule has 0 fully saturated rings. The zero-order valence-corrected chi connectivity index (χ0v) is 17.1. The Bertz CT molecular complexity index is 421. The standard InChI is InChI=1S/C19H35N2O2.BrH/c1-3-4-5-6-7-8-9-10-11-12-13-14-19(22)23-18-21-16-15-20(2)17-21;/h15-17H,3-14,18H2,1-2H3;1H/q+1;/p-1. The van der Waals surface area contributed by atoms with Gasteiger partial charge in [-0.15, -0.1) is 0 Å². The number of ether oxygens (including phenoxy) is 1. The number of halogens is 1. The van der Waals surface area contributed by atoms with Gasteiger partial charge in [-0.05, 0) is 6.42 Å². The van der Waals surface area contributed by atoms with Crippen LogP contribution in [0.25, 0.3) is 0 Å². The lowest BCUT2D eigenvalue weighted by Crippen LogP contribution is -3.00. The van der Waals surface area contributed by atoms with Gasteiger partial charge in [0.25, 0.3) is 0 Å². The fourth-order valence-electron chi connectivity index (χ4n) is 2.73. The van der Waals surface area contributed by atoms with Crippen molar-refractivity contribution in [3.63, 3.8) is 0 Å². The maximum atomic E-state index is 11.6. The molecule has 0 radical (unpaired) electrons. The number of unbranched alkanes of at least 4 members (excludes halogenated alkanes) is 10. The van der Waals surface area contributed by atoms with Gasteiger partial charge in [-0.25, -0.2) is 9.13 Å². The lowest BCUT2D eigenvalue weighted by Gasteiger charge is -2.03. The fourth-order valence-corrected chi connectivity index (χ4v) is 2.73. The highest BCUT2D eigenvalue weighted by Crippen LogP contribution is 2.12. The van der Waals surface area contributed by atoms with Gasteiger partial charge in [0.2, 0.25) is 13.1 Å². The number of hydrogen-bond acceptors (Lipinski definition) is 2. The van der Waals surface area contributed by atoms with E-state index in [1.165, 1.54) is 57.8 Å². The second-order valence-corrected chi connectivity index (χ2v) is 6.52. The Morgan fingerprint density at radius 2 is 1.50 bits per heavy atom. The van der Waals surface area contributed by atoms with Gasteiger partial charge < -0.3 is 21.7 Å². The van der Waals surface area contributed by atoms with Crippen LogP contribution < -0.4 is 21.5 Å². The predicted octanol–water partition coefficient (Wildman–Crippen LogP) is 1.52. The van der Waals surface area contributed by atoms with E-state index in [0.29, 0.717) is 13.2 Å². The van der Waals surface area contributed by atoms with Crippen molar-refractivity contribution in [2.45, 2.75) is 90.7 Å². The first-order valence-corrected chi connectivity index (χ1v) is 9.39. The molecule has 0 aliphatic carbocycles. The smallest absolute Gasteiger partial charge is 0.308 e. The molecule has 4 nitrogen and oxygen atoms in total. The molecule has 0 aromatic carbocycles. The molecule has 1 rings (SSSR count). The molecule has 0 N–H and O–H groups in total. The van der Waals surface area contributed by atoms with E-state index in [2.05, 4.69) is 6.92 Å². The number of aryl methyl sites for hydroxylation is 1. The molecule has 0 aliphatic rings. The number of imidazole rings is 1. The Labute approximate surface area is 158 Å². The van der Waals surface area contributed by atoms with Gasteiger partial charge in [-0.1, -0.05) is 71.1 Å². The van der Waals surface area contributed by atoms with Crippen LogP contribution in [0.5, 0.6) is 0 Å². The van der Waals surface area contributed by atoms with Crippen LogP contribution in [0, 0.1) is 0 Å². The van der Waals surface area contributed by atoms with Crippen LogP contribution in [0.2, 0.25) is 0 Å². The monoisotopic (exact) mass is 402 g/mol. The highest BCUT2D eigenvalue weighted by Gasteiger charge is 2.05. The highest BCUT2D eigenvalue weighted by molar-refractivity contribution is 5.69. The van der Waals surface area contributed by atoms with Crippen LogP contribution >= 0.6 is 0 Å². The minimum absolute atomic E-state index is 0. The quantitative estimate of drug-likeness (QED) is 0.268. The zero-order chi connectivity index (χ0) is 16.8. The number of carbonyl (C=O) groups is 1. The summed E-state index contributed by atoms with van der Waals surface area (Å²) in [5, 5.41) is 0. The average molecular weight is 403 g/mol. The van der Waals surface area contributed by atoms with Crippen molar-refractivity contribution in [3.05, 3.63) is 18.7 Å². The van der Waals surface area contributed by atoms with E-state index in [-0.39, 0.29) is 23.0 Å². The molecular weight excluding hydrogens is 368 g/mol. The van der Waals surface area contributed by atoms with E-state index in [1.807, 2.05) is 34.9 Å². The molecule has 24 heavy (non-hydrogen) atoms. The molecule has 1 heterocycles. The van der Waals surface area contributed by atoms with E-state index < -0.39 is 0 Å². The summed E-state index contributed by atoms with van der Waals surface area (Å²) in [6, 6.07) is 0. The summed E-state index contributed by atoms with van der Waals surface area (Å²) >= 11 is 0. The highest BCUT2D eigenvalue weighted by atomic mass is 79.9. The van der Waals surface area contributed by atoms with Gasteiger partial charge >= 0.3 is 5.97 Å². The first-order chi connectivity index (χ1) is 11.2. The first-order valence-electron chi connectivity index (χ1n) is 9.39. The number of nitrogens with zero attached hydrogens (tertiary/aromatic N) is 2. The van der Waals surface area contributed by atoms with E-state index in [9.17, 15) is 4.79 Å². The maximum Gasteiger partial charge on any atom is 0.308 e. The second kappa shape index (κ2) is 15.7. The minimum atomic E-state index is -0.0859. The van der Waals surface area contributed by atoms with Gasteiger partial charge in [0, 0.05) is 6.42 Å². The Morgan fingerprint density at radius 1 is 0.958 bits per heavy atom. The summed E-state index contributed by atoms with van der Waals surface area (Å²) in [6.07, 6.45) is 20.6. The Kier molecular flexibility index (Phi) is 15.1. The molecule has 0 aliphatic heterocycles. The summed E-state index contributed by atoms with van der Waals surface area (Å²) in [6.45, 7) is 2.58. The van der Waals surface area contributed by atoms with Crippen LogP contribution in [0.15, 0.2) is 18.7 Å². The number of aromatic nitrogens is 2. The molecule has 1 aromatic rings. The van der Waals surface area contributed by atoms with Gasteiger partial charge in [-0.3, -0.25) is 4.79 Å². The zero-order valence-electron chi connectivity index (χ0n) is 15.5. The summed E-state index contributed by atoms with van der Waals surface area (Å²) in [5.41, 5.74) is 0. The van der Waals surface area contributed by atoms with Crippen molar-refractivity contribution in [2.24, 2.45) is 7.05 Å². The average Bonchev–Trinajstić information content (AvgIpc) is 2.96. The molecule has 0 spiro atoms. The van der Waals surface area contributed by atoms with Crippen LogP contribution in [0.4, 0.5) is 0 Å². The molecule has 0 saturated heterocycles. The van der Waals surface area contributed by atoms with Crippen molar-refractivity contribution in [1.29, 1.82) is 0 Å². The summed E-state index contributed by atoms with van der Waals surface area (Å²) in [7, 11) is 1.95. The van der Waals surface area contributed by atoms with Crippen molar-refractivity contribution in [3.8, 4) is 0 Å². The lowest BCUT2D eigenvalue weighted by molar-refractivity contribution is -0.671. The van der Waals surface area contributed by atoms with Crippen LogP contribution in [0.3, 0.4) is 0 Å². The van der Waals surface area contributed by atoms with Crippen LogP contribution in [-0.2, 0) is 23.3 Å². The third-order valence-corrected chi connectivity index (χ3v) is 4.18. The van der Waals surface area contributed by atoms with Crippen molar-refractivity contribution >= 4 is 5.97 Å². The SMILES string of the molecule is CCCCCCCCCCCCCC(=O)OCn1cc[n+](C)c1.[Br-]. The van der Waals surface area contributed by atoms with E-state index >= 15 is 0 Å². The van der Waals surface area contributed by atoms with Crippen LogP contribution in [-0.4, -0.2) is 10.5 Å². The summed E-state index contributed by atoms with van der Waals surface area (Å²) < 4.78 is 9.03. The number of rotatable bonds is 14. The maximum absolute atomic E-state index is 11.6. The van der Waals surface area contributed by atoms with Gasteiger partial charge in [0.05, 0.1) is 7.05 Å². The summed E-state index contributed by atoms with van der Waals surface area (Å²) in [5.74, 6) is -0.0859. The molecule has 5 heteroatoms. The van der Waals surface area contributed by atoms with Gasteiger partial charge in [0.15, 0.2) is 0 Å². The first kappa shape index (κ1) is 23.2. The molecule has 0 unspecified atom stereocenters. The molecule has 1 aromatic heterocycles. The fraction of sp³-hybridized carbons (Fsp3) is 0.789. The van der Waals surface area contributed by atoms with Crippen molar-refractivity contribution in [2.75, 3.05) is 0 Å². The van der Waals surface area contributed by atoms with Crippen LogP contribution in [0.1, 0.15) is 84.0 Å². The van der Waals surface area contributed by atoms with E-state index in [4.69, 9.17) is 4.74 Å². The summed E-state index contributed by atoms with van der Waals surface area (Å²) in [4.78, 5) is 11.6. The van der Waals surface area contributed by atoms with Crippen molar-refractivity contribution < 1.29 is 31.1 Å². The number of hydrogen-bond donors (Lipinski definition) is 0. The predicted molar refractivity (Wildman–Crippen MR) is 92.8 cm³/mol. The normalized spacial score (nSPS) is 10.4. The Morgan fingerprint density at radius 3 is 2.00 bits per heavy atom. The molecular formula is C19H35BrN2O2. The second-order valence-electron chi connectivity index (χ2n) is 6.52. The van der Waals surface area contributed by atoms with Gasteiger partial charge in [0.1, 0.15) is 12.4 Å². The van der Waals surface area contributed by atoms with Gasteiger partial charge in [-0.2, -0.15) is 0 Å². The molecule has 0 atom stereocenters. The lowest BCUT2D eigenvalue weighted by atomic mass is 10.1. The topological polar surface area (TPSA) is 35.1 Å². The molecule has 0 amide bonds. The van der Waals surface area contributed by atoms with E-state index in [1.54, 1.807) is 0 Å². The third-order valence-electron chi connectivity index (χ3n) is 4.18. The Hall–Kier alpha value is -0.840. The molecule has 0 bridgehead atoms. The minimum Gasteiger partial charge on any atom is -1.00 e. The number of carbonyl (C=O) groups excluding carboxylic acids is 1. The molecule has 0 saturated carbocycles. The largest absolute Gasteiger partial charge is 1.00 e. The molecule has 140 valence electrons.